The van der Waals surface area contributed by atoms with Crippen LogP contribution in [-0.4, -0.2) is 81.3 Å². The van der Waals surface area contributed by atoms with Crippen LogP contribution in [-0.2, 0) is 57.2 Å². The second kappa shape index (κ2) is 25.7. The van der Waals surface area contributed by atoms with Gasteiger partial charge in [0, 0.05) is 0 Å². The maximum absolute atomic E-state index is 11.5. The number of rotatable bonds is 13. The summed E-state index contributed by atoms with van der Waals surface area (Å²) in [6.45, 7) is 11.4. The van der Waals surface area contributed by atoms with Gasteiger partial charge in [-0.3, -0.25) is 28.8 Å². The lowest BCUT2D eigenvalue weighted by molar-refractivity contribution is -0.166. The minimum absolute atomic E-state index is 0.0478. The quantitative estimate of drug-likeness (QED) is 0.148. The van der Waals surface area contributed by atoms with E-state index in [4.69, 9.17) is 21.1 Å². The summed E-state index contributed by atoms with van der Waals surface area (Å²) in [5.74, 6) is -4.87. The molecule has 12 nitrogen and oxygen atoms in total. The monoisotopic (exact) mass is 528 g/mol. The van der Waals surface area contributed by atoms with Gasteiger partial charge in [-0.25, -0.2) is 0 Å². The first-order chi connectivity index (χ1) is 16.6. The predicted octanol–water partition coefficient (Wildman–Crippen LogP) is 1.97. The molecule has 0 heterocycles. The largest absolute Gasteiger partial charge is 0.466 e. The molecule has 0 aromatic heterocycles. The number of hydrogen-bond acceptors (Lipinski definition) is 12. The Morgan fingerprint density at radius 3 is 1.11 bits per heavy atom. The van der Waals surface area contributed by atoms with E-state index < -0.39 is 35.8 Å². The number of esters is 6. The molecule has 13 heteroatoms. The van der Waals surface area contributed by atoms with E-state index in [0.717, 1.165) is 0 Å². The molecular formula is C22H37ClO12. The molecule has 0 aromatic rings. The molecular weight excluding hydrogens is 492 g/mol. The van der Waals surface area contributed by atoms with Gasteiger partial charge >= 0.3 is 35.8 Å². The molecule has 35 heavy (non-hydrogen) atoms. The standard InChI is InChI=1S/C11H18O6.C7H12O4.C4H7ClO2/c1-4-15-9(12)7-8(10(13)16-5-2)11(14)17-6-3;1-3-10-6(8)5-7(9)11-4-2;1-2-7-4(6)3-5/h8H,4-7H2,1-3H3;3-5H2,1-2H3;2-3H2,1H3. The summed E-state index contributed by atoms with van der Waals surface area (Å²) in [5, 5.41) is 0. The second-order valence-corrected chi connectivity index (χ2v) is 6.06. The zero-order valence-electron chi connectivity index (χ0n) is 21.2. The van der Waals surface area contributed by atoms with E-state index in [1.165, 1.54) is 0 Å². The van der Waals surface area contributed by atoms with E-state index in [2.05, 4.69) is 18.9 Å². The van der Waals surface area contributed by atoms with E-state index in [9.17, 15) is 28.8 Å². The van der Waals surface area contributed by atoms with Gasteiger partial charge in [0.1, 0.15) is 12.3 Å². The fourth-order valence-corrected chi connectivity index (χ4v) is 1.95. The Morgan fingerprint density at radius 2 is 0.829 bits per heavy atom. The van der Waals surface area contributed by atoms with Gasteiger partial charge in [0.25, 0.3) is 0 Å². The van der Waals surface area contributed by atoms with Crippen LogP contribution in [0.4, 0.5) is 0 Å². The highest BCUT2D eigenvalue weighted by atomic mass is 35.5. The third-order valence-corrected chi connectivity index (χ3v) is 3.35. The summed E-state index contributed by atoms with van der Waals surface area (Å²) in [4.78, 5) is 65.4. The highest BCUT2D eigenvalue weighted by Crippen LogP contribution is 2.10. The Hall–Kier alpha value is -2.89. The van der Waals surface area contributed by atoms with Crippen LogP contribution in [0.5, 0.6) is 0 Å². The zero-order chi connectivity index (χ0) is 27.6. The average Bonchev–Trinajstić information content (AvgIpc) is 2.79. The summed E-state index contributed by atoms with van der Waals surface area (Å²) < 4.78 is 27.5. The molecule has 0 bridgehead atoms. The second-order valence-electron chi connectivity index (χ2n) is 5.79. The fourth-order valence-electron chi connectivity index (χ4n) is 1.88. The van der Waals surface area contributed by atoms with Crippen LogP contribution in [0.2, 0.25) is 0 Å². The van der Waals surface area contributed by atoms with E-state index in [1.807, 2.05) is 0 Å². The Labute approximate surface area is 210 Å². The number of ether oxygens (including phenoxy) is 6. The first kappa shape index (κ1) is 36.7. The molecule has 0 atom stereocenters. The molecule has 0 saturated heterocycles. The lowest BCUT2D eigenvalue weighted by Gasteiger charge is -2.13. The fraction of sp³-hybridized carbons (Fsp3) is 0.727. The first-order valence-electron chi connectivity index (χ1n) is 11.1. The number of carbonyl (C=O) groups is 6. The van der Waals surface area contributed by atoms with Gasteiger partial charge in [0.2, 0.25) is 0 Å². The lowest BCUT2D eigenvalue weighted by atomic mass is 10.1. The van der Waals surface area contributed by atoms with Gasteiger partial charge in [-0.1, -0.05) is 0 Å². The van der Waals surface area contributed by atoms with E-state index in [0.29, 0.717) is 6.61 Å². The summed E-state index contributed by atoms with van der Waals surface area (Å²) >= 11 is 5.06. The Balaban J connectivity index is -0.000000486. The highest BCUT2D eigenvalue weighted by molar-refractivity contribution is 6.26. The molecule has 0 saturated carbocycles. The number of hydrogen-bond donors (Lipinski definition) is 0. The Bertz CT molecular complexity index is 602. The predicted molar refractivity (Wildman–Crippen MR) is 123 cm³/mol. The van der Waals surface area contributed by atoms with Crippen LogP contribution in [0, 0.1) is 5.92 Å². The molecule has 0 unspecified atom stereocenters. The number of halogens is 1. The van der Waals surface area contributed by atoms with Gasteiger partial charge in [0.05, 0.1) is 46.1 Å². The molecule has 0 aromatic carbocycles. The van der Waals surface area contributed by atoms with Crippen molar-refractivity contribution in [2.24, 2.45) is 5.92 Å². The Kier molecular flexibility index (Phi) is 27.0. The van der Waals surface area contributed by atoms with E-state index >= 15 is 0 Å². The van der Waals surface area contributed by atoms with Crippen molar-refractivity contribution < 1.29 is 57.2 Å². The van der Waals surface area contributed by atoms with Crippen molar-refractivity contribution in [3.63, 3.8) is 0 Å². The van der Waals surface area contributed by atoms with Crippen molar-refractivity contribution >= 4 is 47.4 Å². The maximum atomic E-state index is 11.5. The summed E-state index contributed by atoms with van der Waals surface area (Å²) in [6, 6.07) is 0. The number of carbonyl (C=O) groups excluding carboxylic acids is 6. The van der Waals surface area contributed by atoms with E-state index in [1.54, 1.807) is 41.5 Å². The SMILES string of the molecule is CCOC(=O)CC(=O)OCC.CCOC(=O)CC(C(=O)OCC)C(=O)OCC.CCOC(=O)CCl. The van der Waals surface area contributed by atoms with Gasteiger partial charge < -0.3 is 28.4 Å². The van der Waals surface area contributed by atoms with Crippen LogP contribution in [0.25, 0.3) is 0 Å². The molecule has 0 fully saturated rings. The van der Waals surface area contributed by atoms with Crippen molar-refractivity contribution in [1.82, 2.24) is 0 Å². The lowest BCUT2D eigenvalue weighted by Crippen LogP contribution is -2.30. The first-order valence-corrected chi connectivity index (χ1v) is 11.6. The summed E-state index contributed by atoms with van der Waals surface area (Å²) in [7, 11) is 0. The molecule has 0 aliphatic rings. The topological polar surface area (TPSA) is 158 Å². The molecule has 0 aliphatic heterocycles. The van der Waals surface area contributed by atoms with Crippen LogP contribution < -0.4 is 0 Å². The normalized spacial score (nSPS) is 9.26. The van der Waals surface area contributed by atoms with Crippen LogP contribution in [0.1, 0.15) is 54.4 Å². The van der Waals surface area contributed by atoms with Crippen molar-refractivity contribution in [2.45, 2.75) is 54.4 Å². The maximum Gasteiger partial charge on any atom is 0.320 e. The zero-order valence-corrected chi connectivity index (χ0v) is 22.0. The van der Waals surface area contributed by atoms with Gasteiger partial charge in [0.15, 0.2) is 5.92 Å². The third-order valence-electron chi connectivity index (χ3n) is 3.13. The molecule has 0 amide bonds. The molecule has 204 valence electrons. The summed E-state index contributed by atoms with van der Waals surface area (Å²) in [5.41, 5.74) is 0. The van der Waals surface area contributed by atoms with Crippen LogP contribution in [0.15, 0.2) is 0 Å². The molecule has 0 radical (unpaired) electrons. The van der Waals surface area contributed by atoms with Crippen molar-refractivity contribution in [1.29, 1.82) is 0 Å². The Morgan fingerprint density at radius 1 is 0.514 bits per heavy atom. The minimum atomic E-state index is -1.24. The number of alkyl halides is 1. The van der Waals surface area contributed by atoms with Crippen LogP contribution >= 0.6 is 11.6 Å². The average molecular weight is 529 g/mol. The molecule has 0 spiro atoms. The van der Waals surface area contributed by atoms with Crippen molar-refractivity contribution in [2.75, 3.05) is 45.5 Å². The van der Waals surface area contributed by atoms with Gasteiger partial charge in [-0.15, -0.1) is 11.6 Å². The highest BCUT2D eigenvalue weighted by Gasteiger charge is 2.32. The van der Waals surface area contributed by atoms with Crippen molar-refractivity contribution in [3.05, 3.63) is 0 Å². The smallest absolute Gasteiger partial charge is 0.320 e. The third kappa shape index (κ3) is 24.0. The van der Waals surface area contributed by atoms with Gasteiger partial charge in [-0.2, -0.15) is 0 Å². The molecule has 0 N–H and O–H groups in total. The van der Waals surface area contributed by atoms with Gasteiger partial charge in [-0.05, 0) is 41.5 Å². The van der Waals surface area contributed by atoms with Crippen LogP contribution in [0.3, 0.4) is 0 Å². The minimum Gasteiger partial charge on any atom is -0.466 e. The summed E-state index contributed by atoms with van der Waals surface area (Å²) in [6.07, 6.45) is -0.646. The molecule has 0 aliphatic carbocycles. The van der Waals surface area contributed by atoms with Crippen molar-refractivity contribution in [3.8, 4) is 0 Å². The van der Waals surface area contributed by atoms with E-state index in [-0.39, 0.29) is 57.7 Å². The molecule has 0 rings (SSSR count).